The number of hydrogen-bond donors (Lipinski definition) is 0. The second-order valence-electron chi connectivity index (χ2n) is 5.90. The first-order chi connectivity index (χ1) is 11.4. The van der Waals surface area contributed by atoms with Gasteiger partial charge in [-0.05, 0) is 33.8 Å². The average molecular weight is 333 g/mol. The molecular formula is C18H23NO5. The average Bonchev–Trinajstić information content (AvgIpc) is 2.53. The normalized spacial score (nSPS) is 15.9. The Bertz CT molecular complexity index is 635. The maximum Gasteiger partial charge on any atom is 0.328 e. The van der Waals surface area contributed by atoms with Crippen molar-refractivity contribution in [3.8, 4) is 0 Å². The molecule has 0 radical (unpaired) electrons. The molecule has 0 fully saturated rings. The first-order valence-corrected chi connectivity index (χ1v) is 8.16. The number of carbonyl (C=O) groups is 3. The molecule has 1 amide bonds. The highest BCUT2D eigenvalue weighted by molar-refractivity contribution is 6.15. The smallest absolute Gasteiger partial charge is 0.328 e. The third kappa shape index (κ3) is 2.77. The zero-order valence-electron chi connectivity index (χ0n) is 14.5. The molecule has 1 aromatic carbocycles. The van der Waals surface area contributed by atoms with Crippen LogP contribution in [0.15, 0.2) is 24.3 Å². The number of anilines is 1. The Morgan fingerprint density at radius 2 is 1.67 bits per heavy atom. The van der Waals surface area contributed by atoms with Crippen LogP contribution in [-0.4, -0.2) is 37.1 Å². The fraction of sp³-hybridized carbons (Fsp3) is 0.500. The van der Waals surface area contributed by atoms with E-state index in [0.717, 1.165) is 0 Å². The van der Waals surface area contributed by atoms with Crippen LogP contribution in [0, 0.1) is 0 Å². The Kier molecular flexibility index (Phi) is 5.26. The van der Waals surface area contributed by atoms with Gasteiger partial charge in [0.05, 0.1) is 19.6 Å². The van der Waals surface area contributed by atoms with Crippen LogP contribution in [0.25, 0.3) is 0 Å². The second-order valence-corrected chi connectivity index (χ2v) is 5.90. The summed E-state index contributed by atoms with van der Waals surface area (Å²) in [5.41, 5.74) is -0.745. The molecule has 0 spiro atoms. The number of rotatable bonds is 5. The number of hydrogen-bond acceptors (Lipinski definition) is 5. The number of benzene rings is 1. The minimum Gasteiger partial charge on any atom is -0.465 e. The van der Waals surface area contributed by atoms with Crippen molar-refractivity contribution in [3.05, 3.63) is 29.8 Å². The van der Waals surface area contributed by atoms with Crippen LogP contribution >= 0.6 is 0 Å². The standard InChI is InChI=1S/C18H23NO5/c1-5-23-16(21)18(17(22)24-6-2)11-15(20)19(12(3)4)14-10-8-7-9-13(14)18/h7-10,12H,5-6,11H2,1-4H3. The van der Waals surface area contributed by atoms with Crippen molar-refractivity contribution in [2.24, 2.45) is 0 Å². The summed E-state index contributed by atoms with van der Waals surface area (Å²) in [6.07, 6.45) is -0.292. The Morgan fingerprint density at radius 1 is 1.12 bits per heavy atom. The van der Waals surface area contributed by atoms with Crippen molar-refractivity contribution in [2.45, 2.75) is 45.6 Å². The summed E-state index contributed by atoms with van der Waals surface area (Å²) in [5, 5.41) is 0. The summed E-state index contributed by atoms with van der Waals surface area (Å²) in [6.45, 7) is 7.32. The van der Waals surface area contributed by atoms with E-state index in [9.17, 15) is 14.4 Å². The predicted molar refractivity (Wildman–Crippen MR) is 88.6 cm³/mol. The molecule has 6 nitrogen and oxygen atoms in total. The van der Waals surface area contributed by atoms with Gasteiger partial charge in [0.15, 0.2) is 0 Å². The highest BCUT2D eigenvalue weighted by atomic mass is 16.6. The monoisotopic (exact) mass is 333 g/mol. The molecule has 1 heterocycles. The number of esters is 2. The lowest BCUT2D eigenvalue weighted by molar-refractivity contribution is -0.167. The van der Waals surface area contributed by atoms with E-state index in [4.69, 9.17) is 9.47 Å². The third-order valence-corrected chi connectivity index (χ3v) is 4.07. The highest BCUT2D eigenvalue weighted by Gasteiger charge is 2.57. The van der Waals surface area contributed by atoms with Crippen LogP contribution in [0.4, 0.5) is 5.69 Å². The molecule has 0 atom stereocenters. The Hall–Kier alpha value is -2.37. The number of carbonyl (C=O) groups excluding carboxylic acids is 3. The van der Waals surface area contributed by atoms with E-state index in [0.29, 0.717) is 11.3 Å². The van der Waals surface area contributed by atoms with E-state index >= 15 is 0 Å². The van der Waals surface area contributed by atoms with E-state index < -0.39 is 17.4 Å². The first kappa shape index (κ1) is 18.0. The zero-order chi connectivity index (χ0) is 17.9. The van der Waals surface area contributed by atoms with Crippen molar-refractivity contribution in [1.82, 2.24) is 0 Å². The van der Waals surface area contributed by atoms with Gasteiger partial charge < -0.3 is 14.4 Å². The minimum absolute atomic E-state index is 0.0963. The van der Waals surface area contributed by atoms with Gasteiger partial charge in [-0.1, -0.05) is 18.2 Å². The highest BCUT2D eigenvalue weighted by Crippen LogP contribution is 2.43. The molecule has 6 heteroatoms. The van der Waals surface area contributed by atoms with Gasteiger partial charge in [-0.25, -0.2) is 0 Å². The van der Waals surface area contributed by atoms with Crippen molar-refractivity contribution >= 4 is 23.5 Å². The van der Waals surface area contributed by atoms with Gasteiger partial charge >= 0.3 is 11.9 Å². The molecule has 24 heavy (non-hydrogen) atoms. The predicted octanol–water partition coefficient (Wildman–Crippen LogP) is 2.20. The van der Waals surface area contributed by atoms with E-state index in [2.05, 4.69) is 0 Å². The number of para-hydroxylation sites is 1. The SMILES string of the molecule is CCOC(=O)C1(C(=O)OCC)CC(=O)N(C(C)C)c2ccccc21. The Balaban J connectivity index is 2.70. The van der Waals surface area contributed by atoms with Crippen molar-refractivity contribution in [2.75, 3.05) is 18.1 Å². The van der Waals surface area contributed by atoms with Crippen molar-refractivity contribution < 1.29 is 23.9 Å². The van der Waals surface area contributed by atoms with E-state index in [1.165, 1.54) is 0 Å². The molecule has 130 valence electrons. The molecule has 0 bridgehead atoms. The van der Waals surface area contributed by atoms with Crippen LogP contribution < -0.4 is 4.90 Å². The summed E-state index contributed by atoms with van der Waals surface area (Å²) < 4.78 is 10.3. The molecular weight excluding hydrogens is 310 g/mol. The molecule has 0 N–H and O–H groups in total. The third-order valence-electron chi connectivity index (χ3n) is 4.07. The molecule has 0 aliphatic carbocycles. The molecule has 0 saturated heterocycles. The van der Waals surface area contributed by atoms with E-state index in [1.54, 1.807) is 43.0 Å². The van der Waals surface area contributed by atoms with Gasteiger partial charge in [-0.2, -0.15) is 0 Å². The van der Waals surface area contributed by atoms with E-state index in [-0.39, 0.29) is 31.6 Å². The van der Waals surface area contributed by atoms with Crippen LogP contribution in [-0.2, 0) is 29.3 Å². The van der Waals surface area contributed by atoms with Gasteiger partial charge in [0.1, 0.15) is 0 Å². The van der Waals surface area contributed by atoms with Gasteiger partial charge in [0.2, 0.25) is 11.3 Å². The second kappa shape index (κ2) is 7.03. The topological polar surface area (TPSA) is 72.9 Å². The number of amides is 1. The molecule has 0 saturated carbocycles. The quantitative estimate of drug-likeness (QED) is 0.610. The molecule has 1 aliphatic rings. The zero-order valence-corrected chi connectivity index (χ0v) is 14.5. The number of nitrogens with zero attached hydrogens (tertiary/aromatic N) is 1. The maximum absolute atomic E-state index is 12.7. The fourth-order valence-corrected chi connectivity index (χ4v) is 3.11. The van der Waals surface area contributed by atoms with Gasteiger partial charge in [-0.15, -0.1) is 0 Å². The molecule has 0 aromatic heterocycles. The lowest BCUT2D eigenvalue weighted by atomic mass is 9.73. The van der Waals surface area contributed by atoms with Crippen LogP contribution in [0.1, 0.15) is 39.7 Å². The molecule has 1 aromatic rings. The fourth-order valence-electron chi connectivity index (χ4n) is 3.11. The summed E-state index contributed by atoms with van der Waals surface area (Å²) in [5.74, 6) is -1.79. The lowest BCUT2D eigenvalue weighted by Gasteiger charge is -2.40. The Morgan fingerprint density at radius 3 is 2.17 bits per heavy atom. The molecule has 1 aliphatic heterocycles. The molecule has 0 unspecified atom stereocenters. The van der Waals surface area contributed by atoms with Crippen molar-refractivity contribution in [1.29, 1.82) is 0 Å². The van der Waals surface area contributed by atoms with Crippen LogP contribution in [0.2, 0.25) is 0 Å². The summed E-state index contributed by atoms with van der Waals surface area (Å²) in [6, 6.07) is 6.83. The lowest BCUT2D eigenvalue weighted by Crippen LogP contribution is -2.55. The minimum atomic E-state index is -1.74. The van der Waals surface area contributed by atoms with Crippen molar-refractivity contribution in [3.63, 3.8) is 0 Å². The van der Waals surface area contributed by atoms with Gasteiger partial charge in [0, 0.05) is 17.3 Å². The summed E-state index contributed by atoms with van der Waals surface area (Å²) >= 11 is 0. The van der Waals surface area contributed by atoms with Gasteiger partial charge in [0.25, 0.3) is 0 Å². The van der Waals surface area contributed by atoms with Crippen LogP contribution in [0.3, 0.4) is 0 Å². The van der Waals surface area contributed by atoms with Crippen LogP contribution in [0.5, 0.6) is 0 Å². The molecule has 2 rings (SSSR count). The Labute approximate surface area is 141 Å². The van der Waals surface area contributed by atoms with E-state index in [1.807, 2.05) is 13.8 Å². The largest absolute Gasteiger partial charge is 0.465 e. The number of ether oxygens (including phenoxy) is 2. The first-order valence-electron chi connectivity index (χ1n) is 8.16. The maximum atomic E-state index is 12.7. The summed E-state index contributed by atoms with van der Waals surface area (Å²) in [4.78, 5) is 39.8. The van der Waals surface area contributed by atoms with Gasteiger partial charge in [-0.3, -0.25) is 14.4 Å². The number of fused-ring (bicyclic) bond motifs is 1. The summed E-state index contributed by atoms with van der Waals surface area (Å²) in [7, 11) is 0.